The highest BCUT2D eigenvalue weighted by Gasteiger charge is 2.16. The number of para-hydroxylation sites is 1. The number of carboxylic acid groups (broad SMARTS) is 2. The van der Waals surface area contributed by atoms with Gasteiger partial charge in [-0.3, -0.25) is 9.79 Å². The van der Waals surface area contributed by atoms with Crippen LogP contribution in [0, 0.1) is 0 Å². The zero-order valence-electron chi connectivity index (χ0n) is 9.48. The molecule has 0 spiro atoms. The van der Waals surface area contributed by atoms with Crippen molar-refractivity contribution >= 4 is 18.2 Å². The quantitative estimate of drug-likeness (QED) is 0.657. The molecule has 0 radical (unpaired) electrons. The molecule has 0 heterocycles. The highest BCUT2D eigenvalue weighted by atomic mass is 16.4. The summed E-state index contributed by atoms with van der Waals surface area (Å²) >= 11 is 0. The van der Waals surface area contributed by atoms with E-state index in [1.807, 2.05) is 0 Å². The number of aliphatic carboxylic acids is 2. The largest absolute Gasteiger partial charge is 0.507 e. The Morgan fingerprint density at radius 3 is 2.50 bits per heavy atom. The van der Waals surface area contributed by atoms with Gasteiger partial charge in [-0.05, 0) is 18.6 Å². The molecule has 0 saturated heterocycles. The van der Waals surface area contributed by atoms with Crippen LogP contribution in [0.3, 0.4) is 0 Å². The van der Waals surface area contributed by atoms with Crippen LogP contribution in [0.4, 0.5) is 0 Å². The normalized spacial score (nSPS) is 12.4. The van der Waals surface area contributed by atoms with Gasteiger partial charge in [0.15, 0.2) is 0 Å². The number of phenols is 1. The molecular weight excluding hydrogens is 238 g/mol. The van der Waals surface area contributed by atoms with Crippen molar-refractivity contribution < 1.29 is 24.9 Å². The maximum absolute atomic E-state index is 10.8. The van der Waals surface area contributed by atoms with Crippen LogP contribution in [0.5, 0.6) is 5.75 Å². The number of hydrogen-bond acceptors (Lipinski definition) is 4. The molecule has 0 amide bonds. The Morgan fingerprint density at radius 1 is 1.28 bits per heavy atom. The number of aromatic hydroxyl groups is 1. The summed E-state index contributed by atoms with van der Waals surface area (Å²) in [4.78, 5) is 25.0. The van der Waals surface area contributed by atoms with Gasteiger partial charge < -0.3 is 15.3 Å². The number of carboxylic acids is 2. The highest BCUT2D eigenvalue weighted by molar-refractivity contribution is 5.86. The molecule has 6 heteroatoms. The predicted octanol–water partition coefficient (Wildman–Crippen LogP) is 1.13. The lowest BCUT2D eigenvalue weighted by Gasteiger charge is -2.05. The molecule has 1 aromatic rings. The fourth-order valence-corrected chi connectivity index (χ4v) is 1.29. The monoisotopic (exact) mass is 251 g/mol. The molecule has 96 valence electrons. The Hall–Kier alpha value is -2.37. The molecule has 0 aliphatic heterocycles. The van der Waals surface area contributed by atoms with E-state index in [4.69, 9.17) is 10.2 Å². The van der Waals surface area contributed by atoms with Crippen molar-refractivity contribution in [1.29, 1.82) is 0 Å². The number of phenolic OH excluding ortho intramolecular Hbond substituents is 1. The molecular formula is C12H13NO5. The van der Waals surface area contributed by atoms with Crippen LogP contribution < -0.4 is 0 Å². The number of aliphatic imine (C=N–C) groups is 1. The van der Waals surface area contributed by atoms with E-state index in [2.05, 4.69) is 4.99 Å². The molecule has 0 fully saturated rings. The summed E-state index contributed by atoms with van der Waals surface area (Å²) < 4.78 is 0. The van der Waals surface area contributed by atoms with E-state index in [9.17, 15) is 14.7 Å². The summed E-state index contributed by atoms with van der Waals surface area (Å²) in [5.74, 6) is -2.27. The minimum Gasteiger partial charge on any atom is -0.507 e. The lowest BCUT2D eigenvalue weighted by Crippen LogP contribution is -2.19. The lowest BCUT2D eigenvalue weighted by atomic mass is 10.1. The minimum atomic E-state index is -1.19. The number of carbonyl (C=O) groups is 2. The van der Waals surface area contributed by atoms with Crippen molar-refractivity contribution in [3.8, 4) is 5.75 Å². The first kappa shape index (κ1) is 13.7. The third kappa shape index (κ3) is 4.25. The van der Waals surface area contributed by atoms with E-state index in [0.717, 1.165) is 0 Å². The van der Waals surface area contributed by atoms with Crippen molar-refractivity contribution in [3.05, 3.63) is 29.8 Å². The molecule has 18 heavy (non-hydrogen) atoms. The Balaban J connectivity index is 2.74. The minimum absolute atomic E-state index is 0.0105. The second kappa shape index (κ2) is 6.39. The van der Waals surface area contributed by atoms with Gasteiger partial charge in [0.25, 0.3) is 0 Å². The first-order valence-electron chi connectivity index (χ1n) is 5.26. The molecule has 3 N–H and O–H groups in total. The Labute approximate surface area is 103 Å². The van der Waals surface area contributed by atoms with Crippen LogP contribution in [-0.4, -0.2) is 39.5 Å². The van der Waals surface area contributed by atoms with Crippen LogP contribution in [0.25, 0.3) is 0 Å². The molecule has 1 rings (SSSR count). The van der Waals surface area contributed by atoms with E-state index >= 15 is 0 Å². The number of nitrogens with zero attached hydrogens (tertiary/aromatic N) is 1. The van der Waals surface area contributed by atoms with Gasteiger partial charge >= 0.3 is 11.9 Å². The zero-order valence-corrected chi connectivity index (χ0v) is 9.48. The Bertz CT molecular complexity index is 469. The molecule has 1 unspecified atom stereocenters. The van der Waals surface area contributed by atoms with Crippen molar-refractivity contribution in [2.45, 2.75) is 18.9 Å². The summed E-state index contributed by atoms with van der Waals surface area (Å²) in [6.07, 6.45) is 0.875. The van der Waals surface area contributed by atoms with E-state index in [1.54, 1.807) is 18.2 Å². The van der Waals surface area contributed by atoms with E-state index < -0.39 is 18.0 Å². The number of hydrogen-bond donors (Lipinski definition) is 3. The van der Waals surface area contributed by atoms with E-state index in [0.29, 0.717) is 5.56 Å². The average Bonchev–Trinajstić information content (AvgIpc) is 2.30. The van der Waals surface area contributed by atoms with E-state index in [-0.39, 0.29) is 18.6 Å². The van der Waals surface area contributed by atoms with Gasteiger partial charge in [-0.15, -0.1) is 0 Å². The zero-order chi connectivity index (χ0) is 13.5. The third-order valence-electron chi connectivity index (χ3n) is 2.25. The van der Waals surface area contributed by atoms with Crippen LogP contribution in [0.15, 0.2) is 29.3 Å². The van der Waals surface area contributed by atoms with Gasteiger partial charge in [-0.1, -0.05) is 12.1 Å². The second-order valence-electron chi connectivity index (χ2n) is 3.62. The lowest BCUT2D eigenvalue weighted by molar-refractivity contribution is -0.139. The fraction of sp³-hybridized carbons (Fsp3) is 0.250. The van der Waals surface area contributed by atoms with Crippen molar-refractivity contribution in [1.82, 2.24) is 0 Å². The van der Waals surface area contributed by atoms with Gasteiger partial charge in [-0.2, -0.15) is 0 Å². The molecule has 6 nitrogen and oxygen atoms in total. The summed E-state index contributed by atoms with van der Waals surface area (Å²) in [5.41, 5.74) is 0.388. The molecule has 0 aliphatic carbocycles. The van der Waals surface area contributed by atoms with E-state index in [1.165, 1.54) is 12.3 Å². The molecule has 1 aromatic carbocycles. The average molecular weight is 251 g/mol. The topological polar surface area (TPSA) is 107 Å². The van der Waals surface area contributed by atoms with Gasteiger partial charge in [0.2, 0.25) is 0 Å². The standard InChI is InChI=1S/C12H13NO5/c14-10-4-2-1-3-8(10)7-13-9(12(17)18)5-6-11(15)16/h1-4,7,9,14H,5-6H2,(H,15,16)(H,17,18). The van der Waals surface area contributed by atoms with Gasteiger partial charge in [-0.25, -0.2) is 4.79 Å². The number of benzene rings is 1. The summed E-state index contributed by atoms with van der Waals surface area (Å²) in [6.45, 7) is 0. The van der Waals surface area contributed by atoms with Gasteiger partial charge in [0.1, 0.15) is 11.8 Å². The third-order valence-corrected chi connectivity index (χ3v) is 2.25. The maximum atomic E-state index is 10.8. The number of rotatable bonds is 6. The van der Waals surface area contributed by atoms with Gasteiger partial charge in [0, 0.05) is 18.2 Å². The highest BCUT2D eigenvalue weighted by Crippen LogP contribution is 2.13. The summed E-state index contributed by atoms with van der Waals surface area (Å²) in [5, 5.41) is 26.8. The molecule has 0 bridgehead atoms. The van der Waals surface area contributed by atoms with Crippen molar-refractivity contribution in [3.63, 3.8) is 0 Å². The molecule has 0 saturated carbocycles. The van der Waals surface area contributed by atoms with Crippen molar-refractivity contribution in [2.75, 3.05) is 0 Å². The summed E-state index contributed by atoms with van der Waals surface area (Å²) in [7, 11) is 0. The summed E-state index contributed by atoms with van der Waals surface area (Å²) in [6, 6.07) is 5.21. The SMILES string of the molecule is O=C(O)CCC(N=Cc1ccccc1O)C(=O)O. The molecule has 0 aromatic heterocycles. The molecule has 1 atom stereocenters. The van der Waals surface area contributed by atoms with Crippen LogP contribution in [0.1, 0.15) is 18.4 Å². The van der Waals surface area contributed by atoms with Crippen LogP contribution in [0.2, 0.25) is 0 Å². The Morgan fingerprint density at radius 2 is 1.94 bits per heavy atom. The van der Waals surface area contributed by atoms with Gasteiger partial charge in [0.05, 0.1) is 0 Å². The first-order valence-corrected chi connectivity index (χ1v) is 5.26. The smallest absolute Gasteiger partial charge is 0.328 e. The van der Waals surface area contributed by atoms with Crippen LogP contribution in [-0.2, 0) is 9.59 Å². The first-order chi connectivity index (χ1) is 8.50. The molecule has 0 aliphatic rings. The van der Waals surface area contributed by atoms with Crippen LogP contribution >= 0.6 is 0 Å². The second-order valence-corrected chi connectivity index (χ2v) is 3.62. The predicted molar refractivity (Wildman–Crippen MR) is 64.0 cm³/mol. The fourth-order valence-electron chi connectivity index (χ4n) is 1.29. The maximum Gasteiger partial charge on any atom is 0.328 e. The Kier molecular flexibility index (Phi) is 4.86. The van der Waals surface area contributed by atoms with Crippen molar-refractivity contribution in [2.24, 2.45) is 4.99 Å².